The number of carboxylic acids is 1. The molecule has 9 heteroatoms. The molecule has 41 heavy (non-hydrogen) atoms. The molecule has 0 spiro atoms. The van der Waals surface area contributed by atoms with Crippen LogP contribution in [0.25, 0.3) is 0 Å². The van der Waals surface area contributed by atoms with E-state index in [2.05, 4.69) is 12.2 Å². The molecule has 0 fully saturated rings. The number of carbonyl (C=O) groups is 3. The number of nitrogens with one attached hydrogen (secondary N) is 1. The Bertz CT molecular complexity index is 1090. The minimum atomic E-state index is -4.50. The molecule has 0 heterocycles. The van der Waals surface area contributed by atoms with Crippen LogP contribution in [0.2, 0.25) is 0 Å². The predicted molar refractivity (Wildman–Crippen MR) is 153 cm³/mol. The molecule has 0 aliphatic rings. The highest BCUT2D eigenvalue weighted by atomic mass is 19.4. The molecule has 0 radical (unpaired) electrons. The van der Waals surface area contributed by atoms with Crippen molar-refractivity contribution in [1.82, 2.24) is 10.2 Å². The second-order valence-electron chi connectivity index (χ2n) is 10.4. The Balaban J connectivity index is 1.91. The van der Waals surface area contributed by atoms with Gasteiger partial charge in [-0.3, -0.25) is 9.59 Å². The highest BCUT2D eigenvalue weighted by Gasteiger charge is 2.32. The van der Waals surface area contributed by atoms with Gasteiger partial charge in [-0.2, -0.15) is 13.2 Å². The molecule has 0 bridgehead atoms. The minimum absolute atomic E-state index is 0.0782. The summed E-state index contributed by atoms with van der Waals surface area (Å²) in [5, 5.41) is 12.3. The zero-order valence-electron chi connectivity index (χ0n) is 24.1. The lowest BCUT2D eigenvalue weighted by Crippen LogP contribution is -2.38. The molecular formula is C32H43F3N2O4. The van der Waals surface area contributed by atoms with Crippen LogP contribution in [0, 0.1) is 0 Å². The average molecular weight is 577 g/mol. The zero-order valence-corrected chi connectivity index (χ0v) is 24.1. The van der Waals surface area contributed by atoms with Crippen molar-refractivity contribution in [2.45, 2.75) is 103 Å². The number of carboxylic acid groups (broad SMARTS) is 1. The fourth-order valence-corrected chi connectivity index (χ4v) is 4.85. The van der Waals surface area contributed by atoms with Gasteiger partial charge in [-0.25, -0.2) is 4.79 Å². The number of hydrogen-bond acceptors (Lipinski definition) is 3. The molecular weight excluding hydrogens is 533 g/mol. The molecule has 0 saturated heterocycles. The van der Waals surface area contributed by atoms with Gasteiger partial charge < -0.3 is 15.3 Å². The van der Waals surface area contributed by atoms with E-state index in [1.807, 2.05) is 0 Å². The number of nitrogens with zero attached hydrogens (tertiary/aromatic N) is 1. The minimum Gasteiger partial charge on any atom is -0.474 e. The second-order valence-corrected chi connectivity index (χ2v) is 10.4. The molecule has 2 aromatic rings. The molecule has 0 aliphatic heterocycles. The number of aliphatic carboxylic acids is 1. The summed E-state index contributed by atoms with van der Waals surface area (Å²) >= 11 is 0. The van der Waals surface area contributed by atoms with Gasteiger partial charge in [0.05, 0.1) is 11.6 Å². The largest absolute Gasteiger partial charge is 0.474 e. The number of amides is 2. The van der Waals surface area contributed by atoms with Gasteiger partial charge in [0, 0.05) is 18.7 Å². The van der Waals surface area contributed by atoms with Gasteiger partial charge in [0.15, 0.2) is 0 Å². The molecule has 0 saturated carbocycles. The number of carbonyl (C=O) groups excluding carboxylic acids is 2. The number of rotatable bonds is 17. The third-order valence-electron chi connectivity index (χ3n) is 7.21. The van der Waals surface area contributed by atoms with Gasteiger partial charge >= 0.3 is 18.1 Å². The van der Waals surface area contributed by atoms with Crippen LogP contribution < -0.4 is 5.32 Å². The van der Waals surface area contributed by atoms with Crippen molar-refractivity contribution in [1.29, 1.82) is 0 Å². The fraction of sp³-hybridized carbons (Fsp3) is 0.531. The number of hydrogen-bond donors (Lipinski definition) is 2. The van der Waals surface area contributed by atoms with Crippen LogP contribution >= 0.6 is 0 Å². The summed E-state index contributed by atoms with van der Waals surface area (Å²) in [5.41, 5.74) is 0.621. The first kappa shape index (κ1) is 33.8. The van der Waals surface area contributed by atoms with Crippen LogP contribution in [0.4, 0.5) is 13.2 Å². The molecule has 226 valence electrons. The lowest BCUT2D eigenvalue weighted by Gasteiger charge is -2.30. The van der Waals surface area contributed by atoms with E-state index < -0.39 is 29.7 Å². The molecule has 1 unspecified atom stereocenters. The van der Waals surface area contributed by atoms with Crippen molar-refractivity contribution in [3.05, 3.63) is 70.8 Å². The van der Waals surface area contributed by atoms with Crippen molar-refractivity contribution < 1.29 is 32.7 Å². The van der Waals surface area contributed by atoms with E-state index in [0.29, 0.717) is 29.7 Å². The van der Waals surface area contributed by atoms with Gasteiger partial charge in [0.2, 0.25) is 0 Å². The van der Waals surface area contributed by atoms with E-state index in [9.17, 15) is 32.7 Å². The summed E-state index contributed by atoms with van der Waals surface area (Å²) in [6, 6.07) is 10.2. The van der Waals surface area contributed by atoms with Crippen molar-refractivity contribution >= 4 is 17.8 Å². The quantitative estimate of drug-likeness (QED) is 0.148. The smallest absolute Gasteiger partial charge is 0.416 e. The van der Waals surface area contributed by atoms with Crippen molar-refractivity contribution in [2.75, 3.05) is 6.54 Å². The van der Waals surface area contributed by atoms with E-state index in [1.54, 1.807) is 31.2 Å². The van der Waals surface area contributed by atoms with E-state index in [1.165, 1.54) is 57.1 Å². The summed E-state index contributed by atoms with van der Waals surface area (Å²) < 4.78 is 39.0. The lowest BCUT2D eigenvalue weighted by atomic mass is 9.99. The summed E-state index contributed by atoms with van der Waals surface area (Å²) in [4.78, 5) is 37.8. The SMILES string of the molecule is CCCCCCCCCCCCNC(=O)c1ccc(CN(C(=O)C(=O)O)C(CC)c2ccc(C(F)(F)F)cc2)cc1. The zero-order chi connectivity index (χ0) is 30.3. The highest BCUT2D eigenvalue weighted by Crippen LogP contribution is 2.32. The van der Waals surface area contributed by atoms with Crippen LogP contribution in [-0.4, -0.2) is 34.3 Å². The summed E-state index contributed by atoms with van der Waals surface area (Å²) in [5.74, 6) is -3.02. The lowest BCUT2D eigenvalue weighted by molar-refractivity contribution is -0.157. The Morgan fingerprint density at radius 3 is 1.83 bits per heavy atom. The van der Waals surface area contributed by atoms with Crippen molar-refractivity contribution in [2.24, 2.45) is 0 Å². The van der Waals surface area contributed by atoms with Crippen LogP contribution in [0.15, 0.2) is 48.5 Å². The maximum absolute atomic E-state index is 13.0. The molecule has 2 N–H and O–H groups in total. The Hall–Kier alpha value is -3.36. The van der Waals surface area contributed by atoms with Crippen LogP contribution in [0.1, 0.15) is 118 Å². The standard InChI is InChI=1S/C32H43F3N2O4/c1-3-5-6-7-8-9-10-11-12-13-22-36-29(38)26-16-14-24(15-17-26)23-37(30(39)31(40)41)28(4-2)25-18-20-27(21-19-25)32(33,34)35/h14-21,28H,3-13,22-23H2,1-2H3,(H,36,38)(H,40,41). The van der Waals surface area contributed by atoms with Gasteiger partial charge in [0.1, 0.15) is 0 Å². The first-order valence-corrected chi connectivity index (χ1v) is 14.7. The summed E-state index contributed by atoms with van der Waals surface area (Å²) in [7, 11) is 0. The normalized spacial score (nSPS) is 12.1. The number of alkyl halides is 3. The molecule has 1 atom stereocenters. The summed E-state index contributed by atoms with van der Waals surface area (Å²) in [6.45, 7) is 4.45. The van der Waals surface area contributed by atoms with Crippen molar-refractivity contribution in [3.63, 3.8) is 0 Å². The van der Waals surface area contributed by atoms with Crippen LogP contribution in [0.5, 0.6) is 0 Å². The Morgan fingerprint density at radius 2 is 1.34 bits per heavy atom. The monoisotopic (exact) mass is 576 g/mol. The molecule has 2 rings (SSSR count). The Morgan fingerprint density at radius 1 is 0.805 bits per heavy atom. The first-order chi connectivity index (χ1) is 19.6. The molecule has 6 nitrogen and oxygen atoms in total. The number of halogens is 3. The van der Waals surface area contributed by atoms with Crippen LogP contribution in [0.3, 0.4) is 0 Å². The summed E-state index contributed by atoms with van der Waals surface area (Å²) in [6.07, 6.45) is 7.93. The van der Waals surface area contributed by atoms with E-state index in [0.717, 1.165) is 36.3 Å². The van der Waals surface area contributed by atoms with Gasteiger partial charge in [-0.05, 0) is 48.2 Å². The molecule has 2 amide bonds. The fourth-order valence-electron chi connectivity index (χ4n) is 4.85. The number of unbranched alkanes of at least 4 members (excludes halogenated alkanes) is 9. The van der Waals surface area contributed by atoms with Crippen LogP contribution in [-0.2, 0) is 22.3 Å². The average Bonchev–Trinajstić information content (AvgIpc) is 2.95. The van der Waals surface area contributed by atoms with Crippen molar-refractivity contribution in [3.8, 4) is 0 Å². The van der Waals surface area contributed by atoms with Gasteiger partial charge in [0.25, 0.3) is 5.91 Å². The van der Waals surface area contributed by atoms with E-state index in [-0.39, 0.29) is 12.5 Å². The van der Waals surface area contributed by atoms with E-state index in [4.69, 9.17) is 0 Å². The Labute approximate surface area is 241 Å². The highest BCUT2D eigenvalue weighted by molar-refractivity contribution is 6.31. The third kappa shape index (κ3) is 11.6. The van der Waals surface area contributed by atoms with E-state index >= 15 is 0 Å². The van der Waals surface area contributed by atoms with Gasteiger partial charge in [-0.15, -0.1) is 0 Å². The molecule has 0 aliphatic carbocycles. The predicted octanol–water partition coefficient (Wildman–Crippen LogP) is 7.92. The third-order valence-corrected chi connectivity index (χ3v) is 7.21. The number of benzene rings is 2. The molecule has 2 aromatic carbocycles. The topological polar surface area (TPSA) is 86.7 Å². The first-order valence-electron chi connectivity index (χ1n) is 14.7. The second kappa shape index (κ2) is 17.5. The maximum Gasteiger partial charge on any atom is 0.416 e. The molecule has 0 aromatic heterocycles. The van der Waals surface area contributed by atoms with Gasteiger partial charge in [-0.1, -0.05) is 95.9 Å². The Kier molecular flexibility index (Phi) is 14.4. The maximum atomic E-state index is 13.0.